The summed E-state index contributed by atoms with van der Waals surface area (Å²) in [6.45, 7) is 0. The van der Waals surface area contributed by atoms with Gasteiger partial charge in [-0.15, -0.1) is 0 Å². The number of amides is 1. The number of benzene rings is 1. The Morgan fingerprint density at radius 2 is 1.95 bits per heavy atom. The average molecular weight is 266 g/mol. The lowest BCUT2D eigenvalue weighted by Gasteiger charge is -2.11. The van der Waals surface area contributed by atoms with E-state index in [2.05, 4.69) is 10.3 Å². The largest absolute Gasteiger partial charge is 0.361 e. The molecular weight excluding hydrogens is 248 g/mol. The Kier molecular flexibility index (Phi) is 2.00. The fourth-order valence-electron chi connectivity index (χ4n) is 5.03. The molecule has 0 radical (unpaired) electrons. The summed E-state index contributed by atoms with van der Waals surface area (Å²) in [5, 5.41) is 4.33. The second-order valence-electron chi connectivity index (χ2n) is 6.73. The number of hydrogen-bond acceptors (Lipinski definition) is 1. The van der Waals surface area contributed by atoms with Gasteiger partial charge in [0, 0.05) is 28.7 Å². The number of fused-ring (bicyclic) bond motifs is 6. The summed E-state index contributed by atoms with van der Waals surface area (Å²) in [6, 6.07) is 8.34. The van der Waals surface area contributed by atoms with E-state index in [1.165, 1.54) is 19.3 Å². The van der Waals surface area contributed by atoms with Crippen LogP contribution in [-0.4, -0.2) is 16.9 Å². The third-order valence-corrected chi connectivity index (χ3v) is 5.87. The van der Waals surface area contributed by atoms with Crippen LogP contribution in [0.15, 0.2) is 30.5 Å². The molecule has 0 saturated heterocycles. The molecule has 20 heavy (non-hydrogen) atoms. The number of nitrogens with one attached hydrogen (secondary N) is 2. The predicted octanol–water partition coefficient (Wildman–Crippen LogP) is 2.94. The summed E-state index contributed by atoms with van der Waals surface area (Å²) in [5.74, 6) is 3.50. The quantitative estimate of drug-likeness (QED) is 0.862. The highest BCUT2D eigenvalue weighted by Crippen LogP contribution is 2.65. The predicted molar refractivity (Wildman–Crippen MR) is 77.4 cm³/mol. The van der Waals surface area contributed by atoms with Crippen LogP contribution in [0.1, 0.15) is 29.6 Å². The van der Waals surface area contributed by atoms with E-state index in [1.54, 1.807) is 0 Å². The number of hydrogen-bond donors (Lipinski definition) is 2. The topological polar surface area (TPSA) is 44.9 Å². The highest BCUT2D eigenvalue weighted by molar-refractivity contribution is 6.06. The van der Waals surface area contributed by atoms with Crippen molar-refractivity contribution in [2.24, 2.45) is 23.7 Å². The van der Waals surface area contributed by atoms with Crippen LogP contribution in [0.5, 0.6) is 0 Å². The van der Waals surface area contributed by atoms with E-state index in [4.69, 9.17) is 0 Å². The van der Waals surface area contributed by atoms with E-state index >= 15 is 0 Å². The number of H-pyrrole nitrogens is 1. The highest BCUT2D eigenvalue weighted by Gasteiger charge is 2.65. The normalized spacial score (nSPS) is 37.1. The van der Waals surface area contributed by atoms with Crippen LogP contribution in [0.25, 0.3) is 10.9 Å². The Balaban J connectivity index is 1.40. The van der Waals surface area contributed by atoms with Gasteiger partial charge in [0.2, 0.25) is 0 Å². The Morgan fingerprint density at radius 1 is 1.15 bits per heavy atom. The van der Waals surface area contributed by atoms with Crippen molar-refractivity contribution in [1.29, 1.82) is 0 Å². The lowest BCUT2D eigenvalue weighted by Crippen LogP contribution is -2.30. The van der Waals surface area contributed by atoms with Gasteiger partial charge < -0.3 is 10.3 Å². The fraction of sp³-hybridized carbons (Fsp3) is 0.471. The molecule has 4 atom stereocenters. The number of aromatic amines is 1. The van der Waals surface area contributed by atoms with Crippen molar-refractivity contribution in [3.63, 3.8) is 0 Å². The molecule has 1 heterocycles. The standard InChI is InChI=1S/C17H18N2O/c20-17(12-2-1-3-13-11(12)6-7-18-13)19-16-14-9-4-5-10(8-9)15(14)16/h1-3,6-7,9-10,14-16,18H,4-5,8H2,(H,19,20). The van der Waals surface area contributed by atoms with Crippen molar-refractivity contribution >= 4 is 16.8 Å². The van der Waals surface area contributed by atoms with E-state index in [0.717, 1.165) is 40.1 Å². The SMILES string of the molecule is O=C(NC1C2C3CCC(C3)C12)c1cccc2[nH]ccc12. The van der Waals surface area contributed by atoms with Gasteiger partial charge in [-0.2, -0.15) is 0 Å². The van der Waals surface area contributed by atoms with Gasteiger partial charge in [0.25, 0.3) is 5.91 Å². The summed E-state index contributed by atoms with van der Waals surface area (Å²) in [5.41, 5.74) is 1.84. The first kappa shape index (κ1) is 11.0. The minimum atomic E-state index is 0.106. The van der Waals surface area contributed by atoms with Crippen molar-refractivity contribution < 1.29 is 4.79 Å². The molecule has 5 rings (SSSR count). The van der Waals surface area contributed by atoms with Crippen LogP contribution in [0.2, 0.25) is 0 Å². The number of carbonyl (C=O) groups excluding carboxylic acids is 1. The molecular formula is C17H18N2O. The first-order valence-electron chi connectivity index (χ1n) is 7.70. The molecule has 0 aliphatic heterocycles. The molecule has 3 aliphatic rings. The average Bonchev–Trinajstić information content (AvgIpc) is 2.92. The molecule has 0 spiro atoms. The molecule has 2 bridgehead atoms. The van der Waals surface area contributed by atoms with Crippen molar-refractivity contribution in [1.82, 2.24) is 10.3 Å². The van der Waals surface area contributed by atoms with E-state index in [1.807, 2.05) is 30.5 Å². The van der Waals surface area contributed by atoms with Crippen LogP contribution in [-0.2, 0) is 0 Å². The maximum Gasteiger partial charge on any atom is 0.252 e. The lowest BCUT2D eigenvalue weighted by atomic mass is 10.0. The van der Waals surface area contributed by atoms with E-state index < -0.39 is 0 Å². The Bertz CT molecular complexity index is 688. The van der Waals surface area contributed by atoms with Gasteiger partial charge in [-0.3, -0.25) is 4.79 Å². The molecule has 2 aromatic rings. The molecule has 4 unspecified atom stereocenters. The van der Waals surface area contributed by atoms with Crippen LogP contribution in [0, 0.1) is 23.7 Å². The molecule has 3 heteroatoms. The maximum absolute atomic E-state index is 12.5. The molecule has 1 aromatic carbocycles. The minimum Gasteiger partial charge on any atom is -0.361 e. The highest BCUT2D eigenvalue weighted by atomic mass is 16.1. The van der Waals surface area contributed by atoms with Crippen molar-refractivity contribution in [2.75, 3.05) is 0 Å². The Hall–Kier alpha value is -1.77. The van der Waals surface area contributed by atoms with Crippen LogP contribution < -0.4 is 5.32 Å². The van der Waals surface area contributed by atoms with Crippen molar-refractivity contribution in [3.8, 4) is 0 Å². The summed E-state index contributed by atoms with van der Waals surface area (Å²) in [6.07, 6.45) is 6.11. The van der Waals surface area contributed by atoms with Gasteiger partial charge in [-0.1, -0.05) is 6.07 Å². The van der Waals surface area contributed by atoms with Gasteiger partial charge in [0.15, 0.2) is 0 Å². The molecule has 3 saturated carbocycles. The second kappa shape index (κ2) is 3.66. The molecule has 1 aromatic heterocycles. The molecule has 2 N–H and O–H groups in total. The lowest BCUT2D eigenvalue weighted by molar-refractivity contribution is 0.0946. The second-order valence-corrected chi connectivity index (χ2v) is 6.73. The van der Waals surface area contributed by atoms with Gasteiger partial charge in [0.05, 0.1) is 0 Å². The van der Waals surface area contributed by atoms with Gasteiger partial charge >= 0.3 is 0 Å². The van der Waals surface area contributed by atoms with Crippen LogP contribution >= 0.6 is 0 Å². The Labute approximate surface area is 117 Å². The molecule has 3 nitrogen and oxygen atoms in total. The van der Waals surface area contributed by atoms with Gasteiger partial charge in [-0.05, 0) is 61.1 Å². The van der Waals surface area contributed by atoms with Gasteiger partial charge in [0.1, 0.15) is 0 Å². The summed E-state index contributed by atoms with van der Waals surface area (Å²) >= 11 is 0. The van der Waals surface area contributed by atoms with Crippen molar-refractivity contribution in [2.45, 2.75) is 25.3 Å². The number of carbonyl (C=O) groups is 1. The van der Waals surface area contributed by atoms with Gasteiger partial charge in [-0.25, -0.2) is 0 Å². The first-order valence-corrected chi connectivity index (χ1v) is 7.70. The fourth-order valence-corrected chi connectivity index (χ4v) is 5.03. The summed E-state index contributed by atoms with van der Waals surface area (Å²) in [7, 11) is 0. The van der Waals surface area contributed by atoms with Crippen LogP contribution in [0.4, 0.5) is 0 Å². The van der Waals surface area contributed by atoms with Crippen LogP contribution in [0.3, 0.4) is 0 Å². The smallest absolute Gasteiger partial charge is 0.252 e. The number of aromatic nitrogens is 1. The van der Waals surface area contributed by atoms with E-state index in [9.17, 15) is 4.79 Å². The monoisotopic (exact) mass is 266 g/mol. The van der Waals surface area contributed by atoms with E-state index in [-0.39, 0.29) is 5.91 Å². The molecule has 1 amide bonds. The first-order chi connectivity index (χ1) is 9.83. The number of rotatable bonds is 2. The zero-order chi connectivity index (χ0) is 13.3. The minimum absolute atomic E-state index is 0.106. The zero-order valence-corrected chi connectivity index (χ0v) is 11.3. The maximum atomic E-state index is 12.5. The van der Waals surface area contributed by atoms with Crippen molar-refractivity contribution in [3.05, 3.63) is 36.0 Å². The molecule has 3 fully saturated rings. The summed E-state index contributed by atoms with van der Waals surface area (Å²) in [4.78, 5) is 15.7. The third kappa shape index (κ3) is 1.33. The Morgan fingerprint density at radius 3 is 2.75 bits per heavy atom. The van der Waals surface area contributed by atoms with E-state index in [0.29, 0.717) is 6.04 Å². The zero-order valence-electron chi connectivity index (χ0n) is 11.3. The molecule has 3 aliphatic carbocycles. The molecule has 102 valence electrons. The third-order valence-electron chi connectivity index (χ3n) is 5.87. The summed E-state index contributed by atoms with van der Waals surface area (Å²) < 4.78 is 0.